The number of ether oxygens (including phenoxy) is 1. The third kappa shape index (κ3) is 5.04. The number of halogens is 6. The fourth-order valence-corrected chi connectivity index (χ4v) is 3.89. The first-order chi connectivity index (χ1) is 15.9. The molecule has 0 radical (unpaired) electrons. The van der Waals surface area contributed by atoms with E-state index in [0.29, 0.717) is 17.1 Å². The van der Waals surface area contributed by atoms with Gasteiger partial charge in [-0.05, 0) is 18.6 Å². The number of nitrogens with one attached hydrogen (secondary N) is 1. The molecule has 8 nitrogen and oxygen atoms in total. The fraction of sp³-hybridized carbons (Fsp3) is 0.450. The highest BCUT2D eigenvalue weighted by Gasteiger charge is 2.36. The minimum absolute atomic E-state index is 0.0346. The smallest absolute Gasteiger partial charge is 0.433 e. The molecule has 1 saturated heterocycles. The van der Waals surface area contributed by atoms with E-state index in [4.69, 9.17) is 0 Å². The third-order valence-corrected chi connectivity index (χ3v) is 5.47. The minimum Gasteiger partial charge on any atom is -0.480 e. The molecule has 4 heterocycles. The fourth-order valence-electron chi connectivity index (χ4n) is 3.89. The van der Waals surface area contributed by atoms with E-state index in [1.807, 2.05) is 13.2 Å². The minimum atomic E-state index is -4.81. The summed E-state index contributed by atoms with van der Waals surface area (Å²) in [7, 11) is 1.81. The molecule has 184 valence electrons. The first kappa shape index (κ1) is 23.7. The number of pyridine rings is 1. The first-order valence-electron chi connectivity index (χ1n) is 10.2. The number of aromatic nitrogens is 5. The molecule has 2 unspecified atom stereocenters. The van der Waals surface area contributed by atoms with Gasteiger partial charge in [-0.25, -0.2) is 4.52 Å². The van der Waals surface area contributed by atoms with E-state index in [0.717, 1.165) is 24.7 Å². The van der Waals surface area contributed by atoms with Crippen molar-refractivity contribution in [1.29, 1.82) is 0 Å². The average Bonchev–Trinajstić information content (AvgIpc) is 3.47. The zero-order valence-electron chi connectivity index (χ0n) is 17.9. The zero-order valence-corrected chi connectivity index (χ0v) is 17.9. The molecular formula is C20H21F6N7O. The SMILES string of the molecule is C=CC(Nc1nc2c(OCC(F)(F)F)ccc(C(F)(F)F)n2n1)C1CCN(c2cnn(C)c2)C1. The van der Waals surface area contributed by atoms with Gasteiger partial charge in [0, 0.05) is 32.3 Å². The maximum absolute atomic E-state index is 13.5. The van der Waals surface area contributed by atoms with E-state index >= 15 is 0 Å². The number of nitrogens with zero attached hydrogens (tertiary/aromatic N) is 6. The van der Waals surface area contributed by atoms with Gasteiger partial charge in [0.05, 0.1) is 17.9 Å². The van der Waals surface area contributed by atoms with Crippen molar-refractivity contribution >= 4 is 17.3 Å². The van der Waals surface area contributed by atoms with Crippen molar-refractivity contribution in [1.82, 2.24) is 24.4 Å². The standard InChI is InChI=1S/C20H21F6N7O/c1-3-14(12-6-7-32(9-12)13-8-27-31(2)10-13)28-18-29-17-15(34-11-19(21,22)23)4-5-16(20(24,25)26)33(17)30-18/h3-5,8,10,12,14H,1,6-7,9,11H2,2H3,(H,28,30). The van der Waals surface area contributed by atoms with Crippen LogP contribution in [0.2, 0.25) is 0 Å². The van der Waals surface area contributed by atoms with Crippen molar-refractivity contribution < 1.29 is 31.1 Å². The highest BCUT2D eigenvalue weighted by molar-refractivity contribution is 5.57. The third-order valence-electron chi connectivity index (χ3n) is 5.47. The van der Waals surface area contributed by atoms with Crippen LogP contribution in [0.1, 0.15) is 12.1 Å². The van der Waals surface area contributed by atoms with Gasteiger partial charge in [-0.2, -0.15) is 36.4 Å². The quantitative estimate of drug-likeness (QED) is 0.401. The Labute approximate surface area is 189 Å². The van der Waals surface area contributed by atoms with Gasteiger partial charge in [-0.3, -0.25) is 4.68 Å². The number of hydrogen-bond donors (Lipinski definition) is 1. The number of hydrogen-bond acceptors (Lipinski definition) is 6. The summed E-state index contributed by atoms with van der Waals surface area (Å²) in [4.78, 5) is 6.12. The van der Waals surface area contributed by atoms with Crippen LogP contribution < -0.4 is 15.0 Å². The second-order valence-corrected chi connectivity index (χ2v) is 7.93. The summed E-state index contributed by atoms with van der Waals surface area (Å²) in [5, 5.41) is 11.0. The maximum Gasteiger partial charge on any atom is 0.433 e. The summed E-state index contributed by atoms with van der Waals surface area (Å²) in [6.45, 7) is 3.50. The van der Waals surface area contributed by atoms with Crippen LogP contribution >= 0.6 is 0 Å². The Bertz CT molecular complexity index is 1170. The molecule has 0 aromatic carbocycles. The molecule has 2 atom stereocenters. The lowest BCUT2D eigenvalue weighted by molar-refractivity contribution is -0.153. The molecule has 34 heavy (non-hydrogen) atoms. The summed E-state index contributed by atoms with van der Waals surface area (Å²) in [5.41, 5.74) is -0.728. The molecule has 1 aliphatic heterocycles. The van der Waals surface area contributed by atoms with E-state index in [9.17, 15) is 26.3 Å². The monoisotopic (exact) mass is 489 g/mol. The number of alkyl halides is 6. The van der Waals surface area contributed by atoms with Crippen LogP contribution in [0, 0.1) is 5.92 Å². The van der Waals surface area contributed by atoms with Crippen molar-refractivity contribution in [2.45, 2.75) is 24.8 Å². The number of anilines is 2. The van der Waals surface area contributed by atoms with Crippen molar-refractivity contribution in [2.75, 3.05) is 29.9 Å². The summed E-state index contributed by atoms with van der Waals surface area (Å²) >= 11 is 0. The Morgan fingerprint density at radius 1 is 1.26 bits per heavy atom. The molecule has 1 N–H and O–H groups in total. The Kier molecular flexibility index (Phi) is 6.08. The molecule has 1 fully saturated rings. The normalized spacial score (nSPS) is 17.9. The Balaban J connectivity index is 1.58. The van der Waals surface area contributed by atoms with Crippen molar-refractivity contribution in [3.8, 4) is 5.75 Å². The number of fused-ring (bicyclic) bond motifs is 1. The highest BCUT2D eigenvalue weighted by atomic mass is 19.4. The summed E-state index contributed by atoms with van der Waals surface area (Å²) in [5.74, 6) is -0.615. The molecule has 1 aliphatic rings. The van der Waals surface area contributed by atoms with Gasteiger partial charge in [0.1, 0.15) is 5.69 Å². The molecule has 0 spiro atoms. The van der Waals surface area contributed by atoms with E-state index in [2.05, 4.69) is 36.7 Å². The van der Waals surface area contributed by atoms with Crippen molar-refractivity contribution in [3.05, 3.63) is 42.9 Å². The first-order valence-corrected chi connectivity index (χ1v) is 10.2. The second kappa shape index (κ2) is 8.72. The molecule has 0 amide bonds. The van der Waals surface area contributed by atoms with Crippen molar-refractivity contribution in [2.24, 2.45) is 13.0 Å². The molecule has 14 heteroatoms. The van der Waals surface area contributed by atoms with E-state index < -0.39 is 42.1 Å². The van der Waals surface area contributed by atoms with Crippen LogP contribution in [-0.4, -0.2) is 56.3 Å². The van der Waals surface area contributed by atoms with Gasteiger partial charge in [-0.1, -0.05) is 6.08 Å². The summed E-state index contributed by atoms with van der Waals surface area (Å²) in [6, 6.07) is 1.01. The van der Waals surface area contributed by atoms with E-state index in [1.165, 1.54) is 0 Å². The predicted octanol–water partition coefficient (Wildman–Crippen LogP) is 3.92. The molecule has 0 bridgehead atoms. The van der Waals surface area contributed by atoms with Gasteiger partial charge in [0.2, 0.25) is 5.95 Å². The van der Waals surface area contributed by atoms with Crippen LogP contribution in [0.5, 0.6) is 5.75 Å². The van der Waals surface area contributed by atoms with Crippen LogP contribution in [0.15, 0.2) is 37.2 Å². The zero-order chi connectivity index (χ0) is 24.7. The van der Waals surface area contributed by atoms with Gasteiger partial charge >= 0.3 is 12.4 Å². The summed E-state index contributed by atoms with van der Waals surface area (Å²) < 4.78 is 84.9. The Morgan fingerprint density at radius 2 is 2.03 bits per heavy atom. The molecule has 3 aromatic heterocycles. The average molecular weight is 489 g/mol. The number of rotatable bonds is 7. The largest absolute Gasteiger partial charge is 0.480 e. The lowest BCUT2D eigenvalue weighted by atomic mass is 9.99. The highest BCUT2D eigenvalue weighted by Crippen LogP contribution is 2.34. The lowest BCUT2D eigenvalue weighted by Gasteiger charge is -2.21. The second-order valence-electron chi connectivity index (χ2n) is 7.93. The van der Waals surface area contributed by atoms with Gasteiger partial charge in [0.15, 0.2) is 18.0 Å². The lowest BCUT2D eigenvalue weighted by Crippen LogP contribution is -2.30. The van der Waals surface area contributed by atoms with Crippen LogP contribution in [0.3, 0.4) is 0 Å². The Hall–Kier alpha value is -3.45. The molecule has 3 aromatic rings. The van der Waals surface area contributed by atoms with Gasteiger partial charge in [-0.15, -0.1) is 11.7 Å². The Morgan fingerprint density at radius 3 is 2.65 bits per heavy atom. The van der Waals surface area contributed by atoms with Crippen LogP contribution in [0.25, 0.3) is 5.65 Å². The molecule has 0 aliphatic carbocycles. The predicted molar refractivity (Wildman–Crippen MR) is 111 cm³/mol. The van der Waals surface area contributed by atoms with Crippen LogP contribution in [0.4, 0.5) is 38.0 Å². The van der Waals surface area contributed by atoms with E-state index in [1.54, 1.807) is 17.0 Å². The van der Waals surface area contributed by atoms with Gasteiger partial charge in [0.25, 0.3) is 0 Å². The van der Waals surface area contributed by atoms with Gasteiger partial charge < -0.3 is 15.0 Å². The van der Waals surface area contributed by atoms with Crippen LogP contribution in [-0.2, 0) is 13.2 Å². The maximum atomic E-state index is 13.5. The molecule has 4 rings (SSSR count). The summed E-state index contributed by atoms with van der Waals surface area (Å²) in [6.07, 6.45) is -3.49. The topological polar surface area (TPSA) is 72.5 Å². The molecular weight excluding hydrogens is 468 g/mol. The van der Waals surface area contributed by atoms with Crippen molar-refractivity contribution in [3.63, 3.8) is 0 Å². The van der Waals surface area contributed by atoms with E-state index in [-0.39, 0.29) is 11.9 Å². The number of aryl methyl sites for hydroxylation is 1. The molecule has 0 saturated carbocycles.